The van der Waals surface area contributed by atoms with E-state index in [1.807, 2.05) is 54.8 Å². The highest BCUT2D eigenvalue weighted by atomic mass is 32.2. The minimum absolute atomic E-state index is 0.00241. The number of hydrogen-bond donors (Lipinski definition) is 0. The molecule has 2 nitrogen and oxygen atoms in total. The van der Waals surface area contributed by atoms with E-state index in [-0.39, 0.29) is 5.78 Å². The molecule has 18 heavy (non-hydrogen) atoms. The lowest BCUT2D eigenvalue weighted by molar-refractivity contribution is 0.103. The lowest BCUT2D eigenvalue weighted by Crippen LogP contribution is -2.05. The van der Waals surface area contributed by atoms with Crippen molar-refractivity contribution in [2.45, 2.75) is 4.90 Å². The van der Waals surface area contributed by atoms with Gasteiger partial charge in [0.2, 0.25) is 0 Å². The third kappa shape index (κ3) is 2.41. The predicted molar refractivity (Wildman–Crippen MR) is 74.6 cm³/mol. The lowest BCUT2D eigenvalue weighted by atomic mass is 10.0. The number of methoxy groups -OCH3 is 1. The lowest BCUT2D eigenvalue weighted by Gasteiger charge is -2.11. The van der Waals surface area contributed by atoms with Crippen LogP contribution in [0.4, 0.5) is 0 Å². The Morgan fingerprint density at radius 2 is 1.78 bits per heavy atom. The largest absolute Gasteiger partial charge is 0.496 e. The highest BCUT2D eigenvalue weighted by molar-refractivity contribution is 7.98. The SMILES string of the molecule is COc1cccc(SC)c1C(=O)c1ccccc1. The van der Waals surface area contributed by atoms with Gasteiger partial charge in [0.15, 0.2) is 5.78 Å². The first-order valence-electron chi connectivity index (χ1n) is 5.58. The van der Waals surface area contributed by atoms with Crippen molar-refractivity contribution in [2.75, 3.05) is 13.4 Å². The molecule has 2 aromatic carbocycles. The van der Waals surface area contributed by atoms with E-state index >= 15 is 0 Å². The topological polar surface area (TPSA) is 26.3 Å². The van der Waals surface area contributed by atoms with Gasteiger partial charge in [0.25, 0.3) is 0 Å². The van der Waals surface area contributed by atoms with Crippen molar-refractivity contribution >= 4 is 17.5 Å². The van der Waals surface area contributed by atoms with Crippen molar-refractivity contribution in [1.82, 2.24) is 0 Å². The average Bonchev–Trinajstić information content (AvgIpc) is 2.46. The Kier molecular flexibility index (Phi) is 4.05. The number of rotatable bonds is 4. The average molecular weight is 258 g/mol. The first kappa shape index (κ1) is 12.7. The van der Waals surface area contributed by atoms with Crippen LogP contribution in [-0.4, -0.2) is 19.1 Å². The molecule has 0 saturated carbocycles. The molecule has 0 bridgehead atoms. The summed E-state index contributed by atoms with van der Waals surface area (Å²) in [6.07, 6.45) is 1.95. The van der Waals surface area contributed by atoms with E-state index < -0.39 is 0 Å². The van der Waals surface area contributed by atoms with E-state index in [2.05, 4.69) is 0 Å². The minimum atomic E-state index is -0.00241. The van der Waals surface area contributed by atoms with Gasteiger partial charge in [-0.2, -0.15) is 0 Å². The molecule has 0 aromatic heterocycles. The van der Waals surface area contributed by atoms with E-state index in [4.69, 9.17) is 4.74 Å². The summed E-state index contributed by atoms with van der Waals surface area (Å²) in [5, 5.41) is 0. The van der Waals surface area contributed by atoms with Crippen LogP contribution in [0.1, 0.15) is 15.9 Å². The zero-order chi connectivity index (χ0) is 13.0. The van der Waals surface area contributed by atoms with Gasteiger partial charge in [-0.15, -0.1) is 11.8 Å². The van der Waals surface area contributed by atoms with Crippen LogP contribution in [0.3, 0.4) is 0 Å². The molecule has 0 atom stereocenters. The van der Waals surface area contributed by atoms with Gasteiger partial charge in [0.1, 0.15) is 5.75 Å². The van der Waals surface area contributed by atoms with Crippen molar-refractivity contribution in [3.63, 3.8) is 0 Å². The Balaban J connectivity index is 2.53. The molecule has 0 heterocycles. The maximum absolute atomic E-state index is 12.5. The van der Waals surface area contributed by atoms with Crippen molar-refractivity contribution in [1.29, 1.82) is 0 Å². The zero-order valence-corrected chi connectivity index (χ0v) is 11.2. The van der Waals surface area contributed by atoms with Gasteiger partial charge in [-0.3, -0.25) is 4.79 Å². The molecule has 0 N–H and O–H groups in total. The second-order valence-electron chi connectivity index (χ2n) is 3.73. The number of ketones is 1. The molecule has 0 saturated heterocycles. The summed E-state index contributed by atoms with van der Waals surface area (Å²) >= 11 is 1.55. The quantitative estimate of drug-likeness (QED) is 0.618. The van der Waals surface area contributed by atoms with Gasteiger partial charge in [-0.05, 0) is 18.4 Å². The Hall–Kier alpha value is -1.74. The molecule has 0 aliphatic carbocycles. The van der Waals surface area contributed by atoms with Crippen molar-refractivity contribution in [3.05, 3.63) is 59.7 Å². The summed E-state index contributed by atoms with van der Waals surface area (Å²) in [7, 11) is 1.58. The van der Waals surface area contributed by atoms with Gasteiger partial charge < -0.3 is 4.74 Å². The summed E-state index contributed by atoms with van der Waals surface area (Å²) in [5.41, 5.74) is 1.32. The Bertz CT molecular complexity index is 527. The summed E-state index contributed by atoms with van der Waals surface area (Å²) in [6.45, 7) is 0. The number of carbonyl (C=O) groups is 1. The molecule has 3 heteroatoms. The maximum Gasteiger partial charge on any atom is 0.197 e. The number of thioether (sulfide) groups is 1. The molecule has 0 aliphatic rings. The van der Waals surface area contributed by atoms with Crippen LogP contribution in [0.2, 0.25) is 0 Å². The fourth-order valence-electron chi connectivity index (χ4n) is 1.81. The Morgan fingerprint density at radius 1 is 1.06 bits per heavy atom. The van der Waals surface area contributed by atoms with Gasteiger partial charge in [-0.25, -0.2) is 0 Å². The number of hydrogen-bond acceptors (Lipinski definition) is 3. The second-order valence-corrected chi connectivity index (χ2v) is 4.58. The minimum Gasteiger partial charge on any atom is -0.496 e. The Labute approximate surface area is 111 Å². The highest BCUT2D eigenvalue weighted by Gasteiger charge is 2.18. The molecule has 0 fully saturated rings. The molecule has 2 aromatic rings. The number of ether oxygens (including phenoxy) is 1. The van der Waals surface area contributed by atoms with Gasteiger partial charge in [-0.1, -0.05) is 36.4 Å². The number of carbonyl (C=O) groups excluding carboxylic acids is 1. The zero-order valence-electron chi connectivity index (χ0n) is 10.3. The van der Waals surface area contributed by atoms with Crippen LogP contribution in [0.15, 0.2) is 53.4 Å². The smallest absolute Gasteiger partial charge is 0.197 e. The van der Waals surface area contributed by atoms with Crippen LogP contribution in [-0.2, 0) is 0 Å². The highest BCUT2D eigenvalue weighted by Crippen LogP contribution is 2.30. The van der Waals surface area contributed by atoms with Crippen LogP contribution >= 0.6 is 11.8 Å². The van der Waals surface area contributed by atoms with Crippen molar-refractivity contribution in [3.8, 4) is 5.75 Å². The molecule has 0 radical (unpaired) electrons. The summed E-state index contributed by atoms with van der Waals surface area (Å²) in [5.74, 6) is 0.619. The molecule has 0 aliphatic heterocycles. The molecule has 2 rings (SSSR count). The van der Waals surface area contributed by atoms with Crippen LogP contribution < -0.4 is 4.74 Å². The molecule has 0 unspecified atom stereocenters. The standard InChI is InChI=1S/C15H14O2S/c1-17-12-9-6-10-13(18-2)14(12)15(16)11-7-4-3-5-8-11/h3-10H,1-2H3. The van der Waals surface area contributed by atoms with Crippen LogP contribution in [0, 0.1) is 0 Å². The van der Waals surface area contributed by atoms with Gasteiger partial charge in [0, 0.05) is 10.5 Å². The predicted octanol–water partition coefficient (Wildman–Crippen LogP) is 3.65. The first-order valence-corrected chi connectivity index (χ1v) is 6.81. The molecular formula is C15H14O2S. The van der Waals surface area contributed by atoms with E-state index in [0.717, 1.165) is 4.90 Å². The maximum atomic E-state index is 12.5. The summed E-state index contributed by atoms with van der Waals surface area (Å²) < 4.78 is 5.30. The second kappa shape index (κ2) is 5.74. The van der Waals surface area contributed by atoms with Crippen molar-refractivity contribution < 1.29 is 9.53 Å². The Morgan fingerprint density at radius 3 is 2.39 bits per heavy atom. The monoisotopic (exact) mass is 258 g/mol. The van der Waals surface area contributed by atoms with E-state index in [9.17, 15) is 4.79 Å². The third-order valence-corrected chi connectivity index (χ3v) is 3.47. The van der Waals surface area contributed by atoms with Crippen LogP contribution in [0.5, 0.6) is 5.75 Å². The van der Waals surface area contributed by atoms with Gasteiger partial charge in [0.05, 0.1) is 12.7 Å². The molecule has 0 amide bonds. The fourth-order valence-corrected chi connectivity index (χ4v) is 2.42. The van der Waals surface area contributed by atoms with Gasteiger partial charge >= 0.3 is 0 Å². The molecular weight excluding hydrogens is 244 g/mol. The summed E-state index contributed by atoms with van der Waals surface area (Å²) in [4.78, 5) is 13.4. The summed E-state index contributed by atoms with van der Waals surface area (Å²) in [6, 6.07) is 14.9. The third-order valence-electron chi connectivity index (χ3n) is 2.69. The first-order chi connectivity index (χ1) is 8.77. The normalized spacial score (nSPS) is 10.1. The van der Waals surface area contributed by atoms with Crippen LogP contribution in [0.25, 0.3) is 0 Å². The van der Waals surface area contributed by atoms with E-state index in [1.54, 1.807) is 18.9 Å². The molecule has 92 valence electrons. The fraction of sp³-hybridized carbons (Fsp3) is 0.133. The van der Waals surface area contributed by atoms with E-state index in [1.165, 1.54) is 0 Å². The number of benzene rings is 2. The van der Waals surface area contributed by atoms with Crippen molar-refractivity contribution in [2.24, 2.45) is 0 Å². The van der Waals surface area contributed by atoms with E-state index in [0.29, 0.717) is 16.9 Å². The molecule has 0 spiro atoms.